The first-order valence-electron chi connectivity index (χ1n) is 5.16. The van der Waals surface area contributed by atoms with Gasteiger partial charge in [-0.25, -0.2) is 0 Å². The summed E-state index contributed by atoms with van der Waals surface area (Å²) in [6.45, 7) is 2.03. The summed E-state index contributed by atoms with van der Waals surface area (Å²) in [5, 5.41) is 4.15. The van der Waals surface area contributed by atoms with E-state index in [2.05, 4.69) is 21.0 Å². The van der Waals surface area contributed by atoms with Crippen LogP contribution in [0.3, 0.4) is 0 Å². The van der Waals surface area contributed by atoms with Crippen molar-refractivity contribution in [3.8, 4) is 16.9 Å². The van der Waals surface area contributed by atoms with Crippen molar-refractivity contribution in [2.24, 2.45) is 7.05 Å². The van der Waals surface area contributed by atoms with E-state index >= 15 is 0 Å². The number of benzene rings is 1. The number of nitrogen functional groups attached to an aromatic ring is 1. The second-order valence-electron chi connectivity index (χ2n) is 3.89. The minimum Gasteiger partial charge on any atom is -0.495 e. The number of nitrogens with two attached hydrogens (primary N) is 1. The molecule has 0 aliphatic heterocycles. The highest BCUT2D eigenvalue weighted by molar-refractivity contribution is 9.10. The molecule has 1 aromatic carbocycles. The van der Waals surface area contributed by atoms with Crippen molar-refractivity contribution in [3.05, 3.63) is 28.4 Å². The molecule has 0 spiro atoms. The van der Waals surface area contributed by atoms with Crippen molar-refractivity contribution >= 4 is 21.7 Å². The highest BCUT2D eigenvalue weighted by atomic mass is 79.9. The molecule has 5 heteroatoms. The van der Waals surface area contributed by atoms with Crippen molar-refractivity contribution in [3.63, 3.8) is 0 Å². The Balaban J connectivity index is 2.70. The predicted octanol–water partition coefficient (Wildman–Crippen LogP) is 2.75. The lowest BCUT2D eigenvalue weighted by Crippen LogP contribution is -1.99. The van der Waals surface area contributed by atoms with Gasteiger partial charge in [-0.15, -0.1) is 0 Å². The van der Waals surface area contributed by atoms with Crippen LogP contribution in [-0.2, 0) is 7.05 Å². The van der Waals surface area contributed by atoms with Crippen molar-refractivity contribution in [2.45, 2.75) is 6.92 Å². The molecule has 0 atom stereocenters. The molecule has 0 saturated heterocycles. The first-order valence-corrected chi connectivity index (χ1v) is 5.96. The van der Waals surface area contributed by atoms with Gasteiger partial charge in [0, 0.05) is 18.2 Å². The third kappa shape index (κ3) is 2.02. The fourth-order valence-electron chi connectivity index (χ4n) is 1.79. The molecule has 17 heavy (non-hydrogen) atoms. The number of anilines is 1. The normalized spacial score (nSPS) is 10.6. The van der Waals surface area contributed by atoms with Gasteiger partial charge in [-0.05, 0) is 40.5 Å². The maximum Gasteiger partial charge on any atom is 0.141 e. The lowest BCUT2D eigenvalue weighted by molar-refractivity contribution is 0.413. The predicted molar refractivity (Wildman–Crippen MR) is 72.0 cm³/mol. The molecule has 0 bridgehead atoms. The zero-order chi connectivity index (χ0) is 12.6. The number of hydrogen-bond donors (Lipinski definition) is 1. The van der Waals surface area contributed by atoms with Crippen molar-refractivity contribution in [1.82, 2.24) is 9.78 Å². The lowest BCUT2D eigenvalue weighted by Gasteiger charge is -2.11. The minimum absolute atomic E-state index is 0.626. The quantitative estimate of drug-likeness (QED) is 0.927. The van der Waals surface area contributed by atoms with Crippen LogP contribution in [0.2, 0.25) is 0 Å². The molecule has 0 fully saturated rings. The summed E-state index contributed by atoms with van der Waals surface area (Å²) in [7, 11) is 3.46. The highest BCUT2D eigenvalue weighted by Gasteiger charge is 2.15. The maximum atomic E-state index is 5.99. The minimum atomic E-state index is 0.626. The van der Waals surface area contributed by atoms with Gasteiger partial charge in [0.05, 0.1) is 17.8 Å². The van der Waals surface area contributed by atoms with Gasteiger partial charge in [0.25, 0.3) is 0 Å². The Morgan fingerprint density at radius 1 is 1.35 bits per heavy atom. The smallest absolute Gasteiger partial charge is 0.141 e. The molecule has 0 amide bonds. The number of hydrogen-bond acceptors (Lipinski definition) is 3. The Morgan fingerprint density at radius 2 is 2.06 bits per heavy atom. The molecule has 0 aliphatic rings. The van der Waals surface area contributed by atoms with E-state index in [1.165, 1.54) is 0 Å². The van der Waals surface area contributed by atoms with E-state index in [1.54, 1.807) is 18.0 Å². The standard InChI is InChI=1S/C12H14BrN3O/c1-7-4-8(11(17-3)10(13)5-7)9-6-15-16(2)12(9)14/h4-6H,14H2,1-3H3. The number of halogens is 1. The molecule has 0 unspecified atom stereocenters. The van der Waals surface area contributed by atoms with Crippen LogP contribution in [0.1, 0.15) is 5.56 Å². The Hall–Kier alpha value is -1.49. The molecule has 1 aromatic heterocycles. The zero-order valence-corrected chi connectivity index (χ0v) is 11.6. The molecule has 0 saturated carbocycles. The average Bonchev–Trinajstić information content (AvgIpc) is 2.59. The Bertz CT molecular complexity index is 563. The summed E-state index contributed by atoms with van der Waals surface area (Å²) >= 11 is 3.49. The number of ether oxygens (including phenoxy) is 1. The van der Waals surface area contributed by atoms with Gasteiger partial charge in [0.1, 0.15) is 11.6 Å². The number of aromatic nitrogens is 2. The largest absolute Gasteiger partial charge is 0.495 e. The van der Waals surface area contributed by atoms with Gasteiger partial charge in [-0.3, -0.25) is 4.68 Å². The fourth-order valence-corrected chi connectivity index (χ4v) is 2.53. The summed E-state index contributed by atoms with van der Waals surface area (Å²) in [5.74, 6) is 1.40. The Morgan fingerprint density at radius 3 is 2.59 bits per heavy atom. The first kappa shape index (κ1) is 12.0. The van der Waals surface area contributed by atoms with Gasteiger partial charge in [0.15, 0.2) is 0 Å². The van der Waals surface area contributed by atoms with E-state index in [-0.39, 0.29) is 0 Å². The molecule has 4 nitrogen and oxygen atoms in total. The summed E-state index contributed by atoms with van der Waals surface area (Å²) in [6.07, 6.45) is 1.75. The van der Waals surface area contributed by atoms with Crippen LogP contribution in [0.4, 0.5) is 5.82 Å². The molecular weight excluding hydrogens is 282 g/mol. The van der Waals surface area contributed by atoms with Gasteiger partial charge in [0.2, 0.25) is 0 Å². The summed E-state index contributed by atoms with van der Waals surface area (Å²) in [5.41, 5.74) is 8.96. The van der Waals surface area contributed by atoms with Crippen LogP contribution in [0.25, 0.3) is 11.1 Å². The molecule has 2 aromatic rings. The Kier molecular flexibility index (Phi) is 3.11. The number of rotatable bonds is 2. The van der Waals surface area contributed by atoms with Crippen LogP contribution < -0.4 is 10.5 Å². The number of aryl methyl sites for hydroxylation is 2. The number of nitrogens with zero attached hydrogens (tertiary/aromatic N) is 2. The monoisotopic (exact) mass is 295 g/mol. The molecule has 2 rings (SSSR count). The van der Waals surface area contributed by atoms with Gasteiger partial charge in [-0.1, -0.05) is 0 Å². The van der Waals surface area contributed by atoms with Crippen LogP contribution in [0.15, 0.2) is 22.8 Å². The van der Waals surface area contributed by atoms with Crippen molar-refractivity contribution in [1.29, 1.82) is 0 Å². The van der Waals surface area contributed by atoms with Crippen LogP contribution in [-0.4, -0.2) is 16.9 Å². The second-order valence-corrected chi connectivity index (χ2v) is 4.75. The van der Waals surface area contributed by atoms with Crippen molar-refractivity contribution < 1.29 is 4.74 Å². The summed E-state index contributed by atoms with van der Waals surface area (Å²) in [6, 6.07) is 4.05. The average molecular weight is 296 g/mol. The van der Waals surface area contributed by atoms with Crippen LogP contribution >= 0.6 is 15.9 Å². The second kappa shape index (κ2) is 4.41. The fraction of sp³-hybridized carbons (Fsp3) is 0.250. The molecule has 2 N–H and O–H groups in total. The molecule has 1 heterocycles. The van der Waals surface area contributed by atoms with E-state index in [0.717, 1.165) is 26.9 Å². The lowest BCUT2D eigenvalue weighted by atomic mass is 10.0. The van der Waals surface area contributed by atoms with Gasteiger partial charge in [-0.2, -0.15) is 5.10 Å². The van der Waals surface area contributed by atoms with E-state index in [9.17, 15) is 0 Å². The summed E-state index contributed by atoms with van der Waals surface area (Å²) in [4.78, 5) is 0. The van der Waals surface area contributed by atoms with Gasteiger partial charge < -0.3 is 10.5 Å². The molecular formula is C12H14BrN3O. The zero-order valence-electron chi connectivity index (χ0n) is 9.99. The molecule has 90 valence electrons. The van der Waals surface area contributed by atoms with Crippen molar-refractivity contribution in [2.75, 3.05) is 12.8 Å². The SMILES string of the molecule is COc1c(Br)cc(C)cc1-c1cnn(C)c1N. The summed E-state index contributed by atoms with van der Waals surface area (Å²) < 4.78 is 7.97. The molecule has 0 aliphatic carbocycles. The van der Waals surface area contributed by atoms with Crippen LogP contribution in [0.5, 0.6) is 5.75 Å². The molecule has 0 radical (unpaired) electrons. The first-order chi connectivity index (χ1) is 8.04. The highest BCUT2D eigenvalue weighted by Crippen LogP contribution is 2.39. The Labute approximate surface area is 109 Å². The van der Waals surface area contributed by atoms with E-state index < -0.39 is 0 Å². The van der Waals surface area contributed by atoms with E-state index in [1.807, 2.05) is 26.1 Å². The third-order valence-corrected chi connectivity index (χ3v) is 3.26. The third-order valence-electron chi connectivity index (χ3n) is 2.67. The van der Waals surface area contributed by atoms with E-state index in [4.69, 9.17) is 10.5 Å². The maximum absolute atomic E-state index is 5.99. The topological polar surface area (TPSA) is 53.1 Å². The van der Waals surface area contributed by atoms with Crippen LogP contribution in [0, 0.1) is 6.92 Å². The number of methoxy groups -OCH3 is 1. The van der Waals surface area contributed by atoms with Gasteiger partial charge >= 0.3 is 0 Å². The van der Waals surface area contributed by atoms with E-state index in [0.29, 0.717) is 5.82 Å².